The molecule has 0 aliphatic carbocycles. The van der Waals surface area contributed by atoms with Crippen LogP contribution < -0.4 is 5.32 Å². The van der Waals surface area contributed by atoms with E-state index in [0.717, 1.165) is 12.2 Å². The van der Waals surface area contributed by atoms with Gasteiger partial charge >= 0.3 is 0 Å². The zero-order valence-corrected chi connectivity index (χ0v) is 11.0. The minimum absolute atomic E-state index is 0.103. The summed E-state index contributed by atoms with van der Waals surface area (Å²) in [6, 6.07) is 10.2. The van der Waals surface area contributed by atoms with Crippen molar-refractivity contribution in [3.63, 3.8) is 0 Å². The average molecular weight is 249 g/mol. The third kappa shape index (κ3) is 3.50. The highest BCUT2D eigenvalue weighted by atomic mass is 32.2. The second kappa shape index (κ2) is 6.10. The Morgan fingerprint density at radius 2 is 2.12 bits per heavy atom. The monoisotopic (exact) mass is 249 g/mol. The Kier molecular flexibility index (Phi) is 4.49. The number of carbonyl (C=O) groups excluding carboxylic acids is 1. The molecule has 1 aliphatic heterocycles. The predicted octanol–water partition coefficient (Wildman–Crippen LogP) is 3.15. The van der Waals surface area contributed by atoms with Crippen molar-refractivity contribution in [2.24, 2.45) is 0 Å². The molecule has 1 N–H and O–H groups in total. The van der Waals surface area contributed by atoms with Crippen molar-refractivity contribution >= 4 is 17.7 Å². The Morgan fingerprint density at radius 1 is 1.35 bits per heavy atom. The average Bonchev–Trinajstić information content (AvgIpc) is 2.40. The Bertz CT molecular complexity index is 360. The first-order valence-corrected chi connectivity index (χ1v) is 7.29. The van der Waals surface area contributed by atoms with E-state index in [0.29, 0.717) is 0 Å². The van der Waals surface area contributed by atoms with Crippen LogP contribution in [0, 0.1) is 0 Å². The van der Waals surface area contributed by atoms with Gasteiger partial charge in [-0.15, -0.1) is 11.8 Å². The third-order valence-electron chi connectivity index (χ3n) is 3.13. The fraction of sp³-hybridized carbons (Fsp3) is 0.500. The number of rotatable bonds is 3. The molecular formula is C14H19NOS. The van der Waals surface area contributed by atoms with Crippen LogP contribution in [0.4, 0.5) is 0 Å². The van der Waals surface area contributed by atoms with E-state index in [2.05, 4.69) is 17.4 Å². The molecule has 2 nitrogen and oxygen atoms in total. The van der Waals surface area contributed by atoms with Gasteiger partial charge in [0.2, 0.25) is 5.91 Å². The first-order chi connectivity index (χ1) is 8.27. The number of nitrogens with one attached hydrogen (secondary N) is 1. The molecule has 2 rings (SSSR count). The Labute approximate surface area is 107 Å². The van der Waals surface area contributed by atoms with Crippen molar-refractivity contribution in [1.29, 1.82) is 0 Å². The number of thioether (sulfide) groups is 1. The number of hydrogen-bond acceptors (Lipinski definition) is 2. The van der Waals surface area contributed by atoms with E-state index in [1.54, 1.807) is 11.8 Å². The van der Waals surface area contributed by atoms with Crippen LogP contribution in [0.2, 0.25) is 0 Å². The van der Waals surface area contributed by atoms with Crippen molar-refractivity contribution in [2.75, 3.05) is 5.75 Å². The summed E-state index contributed by atoms with van der Waals surface area (Å²) in [6.45, 7) is 2.04. The van der Waals surface area contributed by atoms with Crippen molar-refractivity contribution in [3.05, 3.63) is 35.9 Å². The van der Waals surface area contributed by atoms with Gasteiger partial charge in [-0.25, -0.2) is 0 Å². The fourth-order valence-electron chi connectivity index (χ4n) is 2.08. The zero-order chi connectivity index (χ0) is 12.1. The highest BCUT2D eigenvalue weighted by Gasteiger charge is 2.22. The van der Waals surface area contributed by atoms with E-state index < -0.39 is 0 Å². The van der Waals surface area contributed by atoms with Gasteiger partial charge < -0.3 is 5.32 Å². The normalized spacial score (nSPS) is 21.8. The van der Waals surface area contributed by atoms with Crippen molar-refractivity contribution in [2.45, 2.75) is 37.5 Å². The number of hydrogen-bond donors (Lipinski definition) is 1. The third-order valence-corrected chi connectivity index (χ3v) is 4.51. The molecule has 0 radical (unpaired) electrons. The predicted molar refractivity (Wildman–Crippen MR) is 73.1 cm³/mol. The molecule has 3 heteroatoms. The molecule has 1 aromatic carbocycles. The topological polar surface area (TPSA) is 29.1 Å². The smallest absolute Gasteiger partial charge is 0.233 e. The SMILES string of the molecule is CC(NC(=O)C1CCCCS1)c1ccccc1. The van der Waals surface area contributed by atoms with Gasteiger partial charge in [0.1, 0.15) is 0 Å². The van der Waals surface area contributed by atoms with Crippen LogP contribution in [-0.4, -0.2) is 16.9 Å². The van der Waals surface area contributed by atoms with Crippen LogP contribution in [0.25, 0.3) is 0 Å². The van der Waals surface area contributed by atoms with Gasteiger partial charge in [-0.3, -0.25) is 4.79 Å². The second-order valence-corrected chi connectivity index (χ2v) is 5.81. The van der Waals surface area contributed by atoms with E-state index in [4.69, 9.17) is 0 Å². The van der Waals surface area contributed by atoms with Crippen molar-refractivity contribution < 1.29 is 4.79 Å². The van der Waals surface area contributed by atoms with Crippen LogP contribution in [-0.2, 0) is 4.79 Å². The highest BCUT2D eigenvalue weighted by Crippen LogP contribution is 2.25. The molecule has 92 valence electrons. The highest BCUT2D eigenvalue weighted by molar-refractivity contribution is 8.00. The lowest BCUT2D eigenvalue weighted by Crippen LogP contribution is -2.35. The molecule has 17 heavy (non-hydrogen) atoms. The van der Waals surface area contributed by atoms with Gasteiger partial charge in [0, 0.05) is 0 Å². The molecule has 2 unspecified atom stereocenters. The van der Waals surface area contributed by atoms with E-state index in [9.17, 15) is 4.79 Å². The fourth-order valence-corrected chi connectivity index (χ4v) is 3.29. The maximum atomic E-state index is 12.0. The molecule has 0 spiro atoms. The van der Waals surface area contributed by atoms with Crippen molar-refractivity contribution in [3.8, 4) is 0 Å². The summed E-state index contributed by atoms with van der Waals surface area (Å²) in [7, 11) is 0. The number of amides is 1. The summed E-state index contributed by atoms with van der Waals surface area (Å²) in [5.41, 5.74) is 1.17. The molecule has 0 bridgehead atoms. The van der Waals surface area contributed by atoms with Crippen LogP contribution in [0.15, 0.2) is 30.3 Å². The minimum Gasteiger partial charge on any atom is -0.349 e. The quantitative estimate of drug-likeness (QED) is 0.891. The van der Waals surface area contributed by atoms with Crippen LogP contribution in [0.1, 0.15) is 37.8 Å². The lowest BCUT2D eigenvalue weighted by Gasteiger charge is -2.23. The van der Waals surface area contributed by atoms with Crippen molar-refractivity contribution in [1.82, 2.24) is 5.32 Å². The lowest BCUT2D eigenvalue weighted by molar-refractivity contribution is -0.121. The summed E-state index contributed by atoms with van der Waals surface area (Å²) < 4.78 is 0. The number of carbonyl (C=O) groups is 1. The van der Waals surface area contributed by atoms with E-state index in [-0.39, 0.29) is 17.2 Å². The Morgan fingerprint density at radius 3 is 2.76 bits per heavy atom. The molecule has 2 atom stereocenters. The molecule has 1 aliphatic rings. The van der Waals surface area contributed by atoms with Crippen LogP contribution in [0.5, 0.6) is 0 Å². The van der Waals surface area contributed by atoms with Crippen LogP contribution in [0.3, 0.4) is 0 Å². The van der Waals surface area contributed by atoms with E-state index >= 15 is 0 Å². The maximum Gasteiger partial charge on any atom is 0.233 e. The summed E-state index contributed by atoms with van der Waals surface area (Å²) in [5, 5.41) is 3.27. The minimum atomic E-state index is 0.103. The first kappa shape index (κ1) is 12.5. The van der Waals surface area contributed by atoms with Crippen LogP contribution >= 0.6 is 11.8 Å². The van der Waals surface area contributed by atoms with E-state index in [1.165, 1.54) is 18.4 Å². The summed E-state index contributed by atoms with van der Waals surface area (Å²) >= 11 is 1.80. The molecule has 0 saturated carbocycles. The molecule has 1 heterocycles. The molecule has 1 aromatic rings. The maximum absolute atomic E-state index is 12.0. The van der Waals surface area contributed by atoms with Gasteiger partial charge in [-0.1, -0.05) is 36.8 Å². The molecule has 1 fully saturated rings. The second-order valence-electron chi connectivity index (χ2n) is 4.50. The van der Waals surface area contributed by atoms with E-state index in [1.807, 2.05) is 25.1 Å². The van der Waals surface area contributed by atoms with Gasteiger partial charge in [0.15, 0.2) is 0 Å². The molecule has 1 amide bonds. The summed E-state index contributed by atoms with van der Waals surface area (Å²) in [6.07, 6.45) is 3.46. The Balaban J connectivity index is 1.89. The molecule has 1 saturated heterocycles. The van der Waals surface area contributed by atoms with Gasteiger partial charge in [0.05, 0.1) is 11.3 Å². The lowest BCUT2D eigenvalue weighted by atomic mass is 10.1. The first-order valence-electron chi connectivity index (χ1n) is 6.24. The van der Waals surface area contributed by atoms with Gasteiger partial charge in [0.25, 0.3) is 0 Å². The standard InChI is InChI=1S/C14H19NOS/c1-11(12-7-3-2-4-8-12)15-14(16)13-9-5-6-10-17-13/h2-4,7-8,11,13H,5-6,9-10H2,1H3,(H,15,16). The zero-order valence-electron chi connectivity index (χ0n) is 10.2. The molecule has 0 aromatic heterocycles. The summed E-state index contributed by atoms with van der Waals surface area (Å²) in [5.74, 6) is 1.32. The van der Waals surface area contributed by atoms with Gasteiger partial charge in [-0.05, 0) is 31.1 Å². The summed E-state index contributed by atoms with van der Waals surface area (Å²) in [4.78, 5) is 12.0. The Hall–Kier alpha value is -0.960. The largest absolute Gasteiger partial charge is 0.349 e. The van der Waals surface area contributed by atoms with Gasteiger partial charge in [-0.2, -0.15) is 0 Å². The molecular weight excluding hydrogens is 230 g/mol. The number of benzene rings is 1.